The van der Waals surface area contributed by atoms with Crippen LogP contribution in [0.2, 0.25) is 0 Å². The molecule has 166 valence electrons. The molecule has 0 fully saturated rings. The summed E-state index contributed by atoms with van der Waals surface area (Å²) in [6.07, 6.45) is 10.1. The second-order valence-electron chi connectivity index (χ2n) is 7.44. The summed E-state index contributed by atoms with van der Waals surface area (Å²) in [7, 11) is 0. The Hall–Kier alpha value is -2.11. The summed E-state index contributed by atoms with van der Waals surface area (Å²) in [5.74, 6) is -2.16. The van der Waals surface area contributed by atoms with Gasteiger partial charge in [-0.3, -0.25) is 0 Å². The molecule has 0 saturated heterocycles. The molecular formula is C23H38O6. The molecule has 1 aromatic carbocycles. The predicted molar refractivity (Wildman–Crippen MR) is 115 cm³/mol. The van der Waals surface area contributed by atoms with Crippen molar-refractivity contribution in [3.8, 4) is 23.0 Å². The number of phenols is 2. The average molecular weight is 411 g/mol. The largest absolute Gasteiger partial charge is 0.504 e. The molecule has 29 heavy (non-hydrogen) atoms. The highest BCUT2D eigenvalue weighted by atomic mass is 16.5. The van der Waals surface area contributed by atoms with Gasteiger partial charge in [0.25, 0.3) is 0 Å². The standard InChI is InChI=1S/C23H38O6/c1-4-7-10-12-15-28-21-17(14-9-6-3)18(23(26)27)19(24)20(25)22(21)29-16-13-11-8-5-2/h24-25H,4-16H2,1-3H3,(H,26,27). The van der Waals surface area contributed by atoms with E-state index in [1.54, 1.807) is 0 Å². The van der Waals surface area contributed by atoms with Gasteiger partial charge in [-0.05, 0) is 25.7 Å². The van der Waals surface area contributed by atoms with E-state index in [-0.39, 0.29) is 17.1 Å². The minimum Gasteiger partial charge on any atom is -0.504 e. The van der Waals surface area contributed by atoms with Gasteiger partial charge in [0.15, 0.2) is 11.5 Å². The van der Waals surface area contributed by atoms with E-state index in [9.17, 15) is 20.1 Å². The van der Waals surface area contributed by atoms with Crippen molar-refractivity contribution in [2.75, 3.05) is 13.2 Å². The number of carboxylic acid groups (broad SMARTS) is 1. The Morgan fingerprint density at radius 1 is 0.724 bits per heavy atom. The molecule has 0 aliphatic rings. The van der Waals surface area contributed by atoms with Crippen LogP contribution in [0.5, 0.6) is 23.0 Å². The zero-order valence-corrected chi connectivity index (χ0v) is 18.3. The molecule has 0 radical (unpaired) electrons. The zero-order valence-electron chi connectivity index (χ0n) is 18.3. The van der Waals surface area contributed by atoms with Gasteiger partial charge in [-0.2, -0.15) is 0 Å². The van der Waals surface area contributed by atoms with Crippen LogP contribution in [0.4, 0.5) is 0 Å². The second kappa shape index (κ2) is 14.0. The maximum absolute atomic E-state index is 11.8. The summed E-state index contributed by atoms with van der Waals surface area (Å²) >= 11 is 0. The van der Waals surface area contributed by atoms with Crippen molar-refractivity contribution in [3.63, 3.8) is 0 Å². The second-order valence-corrected chi connectivity index (χ2v) is 7.44. The van der Waals surface area contributed by atoms with Gasteiger partial charge in [-0.15, -0.1) is 0 Å². The van der Waals surface area contributed by atoms with Crippen molar-refractivity contribution < 1.29 is 29.6 Å². The predicted octanol–water partition coefficient (Wildman–Crippen LogP) is 6.06. The first kappa shape index (κ1) is 24.9. The Bertz CT molecular complexity index is 627. The lowest BCUT2D eigenvalue weighted by atomic mass is 9.98. The summed E-state index contributed by atoms with van der Waals surface area (Å²) in [6, 6.07) is 0. The number of hydrogen-bond acceptors (Lipinski definition) is 5. The van der Waals surface area contributed by atoms with E-state index in [2.05, 4.69) is 13.8 Å². The SMILES string of the molecule is CCCCCCOc1c(O)c(O)c(C(=O)O)c(CCCC)c1OCCCCCC. The fourth-order valence-electron chi connectivity index (χ4n) is 3.24. The number of carbonyl (C=O) groups is 1. The lowest BCUT2D eigenvalue weighted by Gasteiger charge is -2.21. The highest BCUT2D eigenvalue weighted by molar-refractivity contribution is 5.96. The van der Waals surface area contributed by atoms with Crippen LogP contribution in [0.25, 0.3) is 0 Å². The third-order valence-electron chi connectivity index (χ3n) is 4.94. The van der Waals surface area contributed by atoms with Crippen molar-refractivity contribution in [2.24, 2.45) is 0 Å². The fraction of sp³-hybridized carbons (Fsp3) is 0.696. The highest BCUT2D eigenvalue weighted by Crippen LogP contribution is 2.49. The molecule has 0 saturated carbocycles. The van der Waals surface area contributed by atoms with Crippen LogP contribution in [-0.4, -0.2) is 34.5 Å². The Kier molecular flexibility index (Phi) is 12.0. The van der Waals surface area contributed by atoms with Crippen molar-refractivity contribution in [1.82, 2.24) is 0 Å². The van der Waals surface area contributed by atoms with Gasteiger partial charge in [-0.1, -0.05) is 65.7 Å². The summed E-state index contributed by atoms with van der Waals surface area (Å²) < 4.78 is 11.8. The van der Waals surface area contributed by atoms with E-state index in [4.69, 9.17) is 9.47 Å². The molecule has 0 amide bonds. The van der Waals surface area contributed by atoms with Gasteiger partial charge in [0.2, 0.25) is 11.5 Å². The number of unbranched alkanes of at least 4 members (excludes halogenated alkanes) is 7. The van der Waals surface area contributed by atoms with Gasteiger partial charge in [-0.25, -0.2) is 4.79 Å². The minimum atomic E-state index is -1.28. The van der Waals surface area contributed by atoms with Crippen molar-refractivity contribution in [2.45, 2.75) is 91.4 Å². The molecule has 6 nitrogen and oxygen atoms in total. The van der Waals surface area contributed by atoms with Crippen LogP contribution in [0.1, 0.15) is 101 Å². The molecule has 0 bridgehead atoms. The smallest absolute Gasteiger partial charge is 0.340 e. The van der Waals surface area contributed by atoms with Gasteiger partial charge < -0.3 is 24.8 Å². The van der Waals surface area contributed by atoms with E-state index < -0.39 is 17.5 Å². The van der Waals surface area contributed by atoms with Crippen LogP contribution >= 0.6 is 0 Å². The van der Waals surface area contributed by atoms with Crippen LogP contribution in [0, 0.1) is 0 Å². The maximum Gasteiger partial charge on any atom is 0.340 e. The average Bonchev–Trinajstić information content (AvgIpc) is 2.70. The van der Waals surface area contributed by atoms with Crippen molar-refractivity contribution in [1.29, 1.82) is 0 Å². The lowest BCUT2D eigenvalue weighted by molar-refractivity contribution is 0.0690. The number of ether oxygens (including phenoxy) is 2. The van der Waals surface area contributed by atoms with Crippen molar-refractivity contribution >= 4 is 5.97 Å². The van der Waals surface area contributed by atoms with Gasteiger partial charge >= 0.3 is 5.97 Å². The van der Waals surface area contributed by atoms with E-state index in [0.29, 0.717) is 25.2 Å². The first-order chi connectivity index (χ1) is 14.0. The number of aromatic hydroxyl groups is 2. The number of hydrogen-bond donors (Lipinski definition) is 3. The van der Waals surface area contributed by atoms with Crippen LogP contribution < -0.4 is 9.47 Å². The fourth-order valence-corrected chi connectivity index (χ4v) is 3.24. The van der Waals surface area contributed by atoms with Gasteiger partial charge in [0.1, 0.15) is 5.56 Å². The topological polar surface area (TPSA) is 96.2 Å². The quantitative estimate of drug-likeness (QED) is 0.226. The molecule has 0 atom stereocenters. The molecule has 0 unspecified atom stereocenters. The van der Waals surface area contributed by atoms with E-state index >= 15 is 0 Å². The molecule has 0 aliphatic carbocycles. The Morgan fingerprint density at radius 3 is 1.72 bits per heavy atom. The third-order valence-corrected chi connectivity index (χ3v) is 4.94. The molecule has 3 N–H and O–H groups in total. The summed E-state index contributed by atoms with van der Waals surface area (Å²) in [6.45, 7) is 7.05. The number of rotatable bonds is 16. The lowest BCUT2D eigenvalue weighted by Crippen LogP contribution is -2.11. The Morgan fingerprint density at radius 2 is 1.24 bits per heavy atom. The number of benzene rings is 1. The van der Waals surface area contributed by atoms with Crippen LogP contribution in [0.15, 0.2) is 0 Å². The minimum absolute atomic E-state index is 0.0607. The molecule has 0 spiro atoms. The van der Waals surface area contributed by atoms with E-state index in [1.165, 1.54) is 0 Å². The summed E-state index contributed by atoms with van der Waals surface area (Å²) in [5.41, 5.74) is 0.103. The zero-order chi connectivity index (χ0) is 21.6. The summed E-state index contributed by atoms with van der Waals surface area (Å²) in [5, 5.41) is 30.5. The Labute approximate surface area is 174 Å². The number of carboxylic acids is 1. The van der Waals surface area contributed by atoms with Crippen LogP contribution in [0.3, 0.4) is 0 Å². The van der Waals surface area contributed by atoms with Crippen LogP contribution in [-0.2, 0) is 6.42 Å². The molecule has 6 heteroatoms. The number of aromatic carboxylic acids is 1. The van der Waals surface area contributed by atoms with E-state index in [0.717, 1.165) is 64.2 Å². The highest BCUT2D eigenvalue weighted by Gasteiger charge is 2.29. The normalized spacial score (nSPS) is 10.9. The van der Waals surface area contributed by atoms with Gasteiger partial charge in [0, 0.05) is 5.56 Å². The molecule has 1 aromatic rings. The van der Waals surface area contributed by atoms with Gasteiger partial charge in [0.05, 0.1) is 13.2 Å². The summed E-state index contributed by atoms with van der Waals surface area (Å²) in [4.78, 5) is 11.8. The van der Waals surface area contributed by atoms with E-state index in [1.807, 2.05) is 6.92 Å². The monoisotopic (exact) mass is 410 g/mol. The molecular weight excluding hydrogens is 372 g/mol. The first-order valence-corrected chi connectivity index (χ1v) is 11.1. The molecule has 1 rings (SSSR count). The molecule has 0 aliphatic heterocycles. The first-order valence-electron chi connectivity index (χ1n) is 11.1. The van der Waals surface area contributed by atoms with Crippen molar-refractivity contribution in [3.05, 3.63) is 11.1 Å². The molecule has 0 heterocycles. The maximum atomic E-state index is 11.8. The number of phenolic OH excluding ortho intramolecular Hbond substituents is 1. The third kappa shape index (κ3) is 7.67. The molecule has 0 aromatic heterocycles. The Balaban J connectivity index is 3.22.